The van der Waals surface area contributed by atoms with Crippen LogP contribution < -0.4 is 0 Å². The van der Waals surface area contributed by atoms with Gasteiger partial charge in [0, 0.05) is 7.11 Å². The van der Waals surface area contributed by atoms with E-state index < -0.39 is 11.0 Å². The van der Waals surface area contributed by atoms with E-state index in [0.29, 0.717) is 5.92 Å². The smallest absolute Gasteiger partial charge is 0.0863 e. The minimum Gasteiger partial charge on any atom is -0.388 e. The predicted octanol–water partition coefficient (Wildman–Crippen LogP) is 3.03. The van der Waals surface area contributed by atoms with Crippen LogP contribution in [0.3, 0.4) is 0 Å². The van der Waals surface area contributed by atoms with Gasteiger partial charge in [-0.15, -0.1) is 0 Å². The van der Waals surface area contributed by atoms with Crippen molar-refractivity contribution in [2.24, 2.45) is 11.3 Å². The SMILES string of the molecule is CCC1CCC(C#N)(C2(O)CCC(OC)CC2)C1. The Morgan fingerprint density at radius 2 is 1.94 bits per heavy atom. The zero-order valence-corrected chi connectivity index (χ0v) is 11.6. The van der Waals surface area contributed by atoms with Crippen LogP contribution >= 0.6 is 0 Å². The molecule has 3 heteroatoms. The van der Waals surface area contributed by atoms with E-state index in [1.54, 1.807) is 7.11 Å². The first kappa shape index (κ1) is 13.8. The number of nitriles is 1. The van der Waals surface area contributed by atoms with Crippen LogP contribution in [0.4, 0.5) is 0 Å². The van der Waals surface area contributed by atoms with Crippen molar-refractivity contribution in [2.45, 2.75) is 70.0 Å². The highest BCUT2D eigenvalue weighted by atomic mass is 16.5. The predicted molar refractivity (Wildman–Crippen MR) is 69.9 cm³/mol. The van der Waals surface area contributed by atoms with Gasteiger partial charge in [0.25, 0.3) is 0 Å². The lowest BCUT2D eigenvalue weighted by molar-refractivity contribution is -0.106. The molecule has 0 aromatic heterocycles. The van der Waals surface area contributed by atoms with Gasteiger partial charge in [0.1, 0.15) is 0 Å². The van der Waals surface area contributed by atoms with Gasteiger partial charge >= 0.3 is 0 Å². The Morgan fingerprint density at radius 3 is 2.39 bits per heavy atom. The number of hydrogen-bond acceptors (Lipinski definition) is 3. The lowest BCUT2D eigenvalue weighted by atomic mass is 9.64. The van der Waals surface area contributed by atoms with E-state index in [9.17, 15) is 10.4 Å². The summed E-state index contributed by atoms with van der Waals surface area (Å²) >= 11 is 0. The van der Waals surface area contributed by atoms with Gasteiger partial charge in [-0.3, -0.25) is 0 Å². The van der Waals surface area contributed by atoms with E-state index in [-0.39, 0.29) is 6.10 Å². The second-order valence-electron chi connectivity index (χ2n) is 6.18. The highest BCUT2D eigenvalue weighted by Gasteiger charge is 2.55. The standard InChI is InChI=1S/C15H25NO2/c1-3-12-4-7-14(10-12,11-16)15(17)8-5-13(18-2)6-9-15/h12-13,17H,3-10H2,1-2H3. The fraction of sp³-hybridized carbons (Fsp3) is 0.933. The van der Waals surface area contributed by atoms with Crippen LogP contribution in [0.1, 0.15) is 58.3 Å². The first-order chi connectivity index (χ1) is 8.59. The van der Waals surface area contributed by atoms with Gasteiger partial charge in [0.2, 0.25) is 0 Å². The Hall–Kier alpha value is -0.590. The molecule has 0 aromatic rings. The van der Waals surface area contributed by atoms with Gasteiger partial charge in [0.05, 0.1) is 23.2 Å². The average Bonchev–Trinajstić information content (AvgIpc) is 2.85. The van der Waals surface area contributed by atoms with Crippen LogP contribution in [-0.2, 0) is 4.74 Å². The molecule has 0 spiro atoms. The van der Waals surface area contributed by atoms with E-state index in [1.807, 2.05) is 0 Å². The van der Waals surface area contributed by atoms with Gasteiger partial charge in [-0.2, -0.15) is 5.26 Å². The van der Waals surface area contributed by atoms with Gasteiger partial charge < -0.3 is 9.84 Å². The lowest BCUT2D eigenvalue weighted by Crippen LogP contribution is -2.49. The minimum atomic E-state index is -0.777. The number of rotatable bonds is 3. The molecular weight excluding hydrogens is 226 g/mol. The largest absolute Gasteiger partial charge is 0.388 e. The van der Waals surface area contributed by atoms with Crippen molar-refractivity contribution in [1.82, 2.24) is 0 Å². The average molecular weight is 251 g/mol. The molecule has 102 valence electrons. The van der Waals surface area contributed by atoms with E-state index in [1.165, 1.54) is 0 Å². The molecule has 2 atom stereocenters. The Balaban J connectivity index is 2.11. The summed E-state index contributed by atoms with van der Waals surface area (Å²) in [5.41, 5.74) is -1.27. The molecule has 2 unspecified atom stereocenters. The van der Waals surface area contributed by atoms with Crippen LogP contribution in [0.5, 0.6) is 0 Å². The van der Waals surface area contributed by atoms with E-state index in [2.05, 4.69) is 13.0 Å². The second kappa shape index (κ2) is 5.19. The highest BCUT2D eigenvalue weighted by molar-refractivity contribution is 5.15. The lowest BCUT2D eigenvalue weighted by Gasteiger charge is -2.45. The molecule has 3 nitrogen and oxygen atoms in total. The Morgan fingerprint density at radius 1 is 1.28 bits per heavy atom. The molecule has 0 aromatic carbocycles. The zero-order valence-electron chi connectivity index (χ0n) is 11.6. The maximum absolute atomic E-state index is 11.0. The van der Waals surface area contributed by atoms with Gasteiger partial charge in [0.15, 0.2) is 0 Å². The molecule has 2 fully saturated rings. The van der Waals surface area contributed by atoms with Gasteiger partial charge in [-0.05, 0) is 50.9 Å². The van der Waals surface area contributed by atoms with Crippen LogP contribution in [0.15, 0.2) is 0 Å². The van der Waals surface area contributed by atoms with Crippen molar-refractivity contribution in [3.8, 4) is 6.07 Å². The number of hydrogen-bond donors (Lipinski definition) is 1. The van der Waals surface area contributed by atoms with Crippen LogP contribution in [0.2, 0.25) is 0 Å². The molecule has 1 N–H and O–H groups in total. The molecular formula is C15H25NO2. The molecule has 0 radical (unpaired) electrons. The van der Waals surface area contributed by atoms with Crippen molar-refractivity contribution in [3.05, 3.63) is 0 Å². The fourth-order valence-electron chi connectivity index (χ4n) is 3.91. The normalized spacial score (nSPS) is 44.8. The van der Waals surface area contributed by atoms with E-state index >= 15 is 0 Å². The van der Waals surface area contributed by atoms with E-state index in [0.717, 1.165) is 51.4 Å². The topological polar surface area (TPSA) is 53.2 Å². The van der Waals surface area contributed by atoms with Gasteiger partial charge in [-0.1, -0.05) is 13.3 Å². The molecule has 2 saturated carbocycles. The van der Waals surface area contributed by atoms with Crippen LogP contribution in [-0.4, -0.2) is 23.9 Å². The Labute approximate surface area is 110 Å². The summed E-state index contributed by atoms with van der Waals surface area (Å²) in [6.07, 6.45) is 7.44. The monoisotopic (exact) mass is 251 g/mol. The number of aliphatic hydroxyl groups is 1. The van der Waals surface area contributed by atoms with Crippen molar-refractivity contribution >= 4 is 0 Å². The second-order valence-corrected chi connectivity index (χ2v) is 6.18. The summed E-state index contributed by atoms with van der Waals surface area (Å²) in [6, 6.07) is 2.49. The summed E-state index contributed by atoms with van der Waals surface area (Å²) in [5, 5.41) is 20.6. The molecule has 0 bridgehead atoms. The van der Waals surface area contributed by atoms with Crippen LogP contribution in [0, 0.1) is 22.7 Å². The number of ether oxygens (including phenoxy) is 1. The third-order valence-electron chi connectivity index (χ3n) is 5.39. The number of methoxy groups -OCH3 is 1. The first-order valence-corrected chi connectivity index (χ1v) is 7.25. The first-order valence-electron chi connectivity index (χ1n) is 7.25. The van der Waals surface area contributed by atoms with Gasteiger partial charge in [-0.25, -0.2) is 0 Å². The van der Waals surface area contributed by atoms with Crippen molar-refractivity contribution in [2.75, 3.05) is 7.11 Å². The molecule has 0 amide bonds. The number of nitrogens with zero attached hydrogens (tertiary/aromatic N) is 1. The van der Waals surface area contributed by atoms with Crippen molar-refractivity contribution in [3.63, 3.8) is 0 Å². The van der Waals surface area contributed by atoms with Crippen molar-refractivity contribution in [1.29, 1.82) is 5.26 Å². The minimum absolute atomic E-state index is 0.268. The Bertz CT molecular complexity index is 328. The summed E-state index contributed by atoms with van der Waals surface area (Å²) in [7, 11) is 1.73. The zero-order chi connectivity index (χ0) is 13.2. The summed E-state index contributed by atoms with van der Waals surface area (Å²) in [4.78, 5) is 0. The molecule has 0 saturated heterocycles. The molecule has 18 heavy (non-hydrogen) atoms. The third kappa shape index (κ3) is 2.17. The maximum atomic E-state index is 11.0. The van der Waals surface area contributed by atoms with E-state index in [4.69, 9.17) is 4.74 Å². The molecule has 2 aliphatic rings. The summed E-state index contributed by atoms with van der Waals surface area (Å²) in [5.74, 6) is 0.619. The van der Waals surface area contributed by atoms with Crippen LogP contribution in [0.25, 0.3) is 0 Å². The maximum Gasteiger partial charge on any atom is 0.0863 e. The fourth-order valence-corrected chi connectivity index (χ4v) is 3.91. The van der Waals surface area contributed by atoms with Crippen molar-refractivity contribution < 1.29 is 9.84 Å². The molecule has 2 rings (SSSR count). The highest BCUT2D eigenvalue weighted by Crippen LogP contribution is 2.54. The third-order valence-corrected chi connectivity index (χ3v) is 5.39. The molecule has 0 aliphatic heterocycles. The summed E-state index contributed by atoms with van der Waals surface area (Å²) < 4.78 is 5.36. The molecule has 2 aliphatic carbocycles. The summed E-state index contributed by atoms with van der Waals surface area (Å²) in [6.45, 7) is 2.18. The Kier molecular flexibility index (Phi) is 3.99. The quantitative estimate of drug-likeness (QED) is 0.838. The molecule has 0 heterocycles.